The fourth-order valence-corrected chi connectivity index (χ4v) is 1.11. The summed E-state index contributed by atoms with van der Waals surface area (Å²) < 4.78 is 43.3. The molecule has 0 aromatic carbocycles. The van der Waals surface area contributed by atoms with Crippen LogP contribution in [0.4, 0.5) is 17.3 Å². The van der Waals surface area contributed by atoms with Crippen LogP contribution in [0.25, 0.3) is 0 Å². The summed E-state index contributed by atoms with van der Waals surface area (Å²) in [5.41, 5.74) is 1.41. The van der Waals surface area contributed by atoms with Crippen molar-refractivity contribution >= 4 is 7.25 Å². The molecule has 0 bridgehead atoms. The Kier molecular flexibility index (Phi) is 5.39. The molecule has 0 atom stereocenters. The third kappa shape index (κ3) is 6.99. The van der Waals surface area contributed by atoms with E-state index < -0.39 is 7.25 Å². The van der Waals surface area contributed by atoms with Crippen molar-refractivity contribution in [2.45, 2.75) is 19.8 Å². The van der Waals surface area contributed by atoms with Crippen molar-refractivity contribution < 1.29 is 21.9 Å². The summed E-state index contributed by atoms with van der Waals surface area (Å²) in [6, 6.07) is 2.17. The van der Waals surface area contributed by atoms with E-state index >= 15 is 0 Å². The second-order valence-electron chi connectivity index (χ2n) is 3.15. The Morgan fingerprint density at radius 1 is 1.33 bits per heavy atom. The summed E-state index contributed by atoms with van der Waals surface area (Å²) >= 11 is 0. The van der Waals surface area contributed by atoms with E-state index in [-0.39, 0.29) is 0 Å². The maximum absolute atomic E-state index is 9.75. The zero-order valence-corrected chi connectivity index (χ0v) is 9.05. The summed E-state index contributed by atoms with van der Waals surface area (Å²) in [4.78, 5) is 0. The van der Waals surface area contributed by atoms with Gasteiger partial charge in [0.05, 0.1) is 12.7 Å². The van der Waals surface area contributed by atoms with Gasteiger partial charge < -0.3 is 17.3 Å². The van der Waals surface area contributed by atoms with Gasteiger partial charge in [-0.1, -0.05) is 13.3 Å². The van der Waals surface area contributed by atoms with Gasteiger partial charge in [-0.25, -0.2) is 0 Å². The first kappa shape index (κ1) is 14.0. The van der Waals surface area contributed by atoms with E-state index in [0.717, 1.165) is 0 Å². The number of halogens is 4. The minimum Gasteiger partial charge on any atom is -0.418 e. The van der Waals surface area contributed by atoms with Crippen LogP contribution in [0, 0.1) is 0 Å². The van der Waals surface area contributed by atoms with Gasteiger partial charge in [0.1, 0.15) is 0 Å². The van der Waals surface area contributed by atoms with Crippen LogP contribution >= 0.6 is 0 Å². The lowest BCUT2D eigenvalue weighted by atomic mass is 10.2. The van der Waals surface area contributed by atoms with Crippen LogP contribution in [-0.4, -0.2) is 11.9 Å². The number of hydrogen-bond donors (Lipinski definition) is 0. The van der Waals surface area contributed by atoms with E-state index in [9.17, 15) is 17.3 Å². The van der Waals surface area contributed by atoms with Crippen molar-refractivity contribution in [3.05, 3.63) is 18.0 Å². The monoisotopic (exact) mass is 226 g/mol. The van der Waals surface area contributed by atoms with Crippen LogP contribution in [0.5, 0.6) is 0 Å². The minimum atomic E-state index is -6.00. The number of aryl methyl sites for hydroxylation is 2. The topological polar surface area (TPSA) is 8.81 Å². The molecule has 0 saturated carbocycles. The Labute approximate surface area is 86.6 Å². The van der Waals surface area contributed by atoms with E-state index in [1.54, 1.807) is 0 Å². The van der Waals surface area contributed by atoms with Crippen molar-refractivity contribution in [3.8, 4) is 0 Å². The van der Waals surface area contributed by atoms with Crippen molar-refractivity contribution in [3.63, 3.8) is 0 Å². The smallest absolute Gasteiger partial charge is 0.418 e. The van der Waals surface area contributed by atoms with Gasteiger partial charge in [0.25, 0.3) is 0 Å². The standard InChI is InChI=1S/C8H15N2.BF4/c1-4-5-8-6-7-9(2)10(8)3;2-1(3,4)5/h6-7H,4-5H2,1-3H3;/q+1;-1. The molecule has 0 amide bonds. The van der Waals surface area contributed by atoms with Crippen molar-refractivity contribution in [1.82, 2.24) is 4.68 Å². The maximum atomic E-state index is 9.75. The van der Waals surface area contributed by atoms with Crippen LogP contribution in [0.2, 0.25) is 0 Å². The third-order valence-electron chi connectivity index (χ3n) is 1.88. The van der Waals surface area contributed by atoms with Crippen LogP contribution in [0.15, 0.2) is 12.3 Å². The largest absolute Gasteiger partial charge is 0.673 e. The van der Waals surface area contributed by atoms with Crippen LogP contribution < -0.4 is 4.68 Å². The number of nitrogens with zero attached hydrogens (tertiary/aromatic N) is 2. The summed E-state index contributed by atoms with van der Waals surface area (Å²) in [5, 5.41) is 0. The predicted molar refractivity (Wildman–Crippen MR) is 50.8 cm³/mol. The Balaban J connectivity index is 0.000000336. The maximum Gasteiger partial charge on any atom is 0.673 e. The molecule has 0 aliphatic carbocycles. The lowest BCUT2D eigenvalue weighted by Crippen LogP contribution is -2.37. The minimum absolute atomic E-state index is 1.18. The molecule has 1 aromatic rings. The average Bonchev–Trinajstić information content (AvgIpc) is 2.34. The van der Waals surface area contributed by atoms with Crippen LogP contribution in [0.1, 0.15) is 19.0 Å². The van der Waals surface area contributed by atoms with E-state index in [0.29, 0.717) is 0 Å². The van der Waals surface area contributed by atoms with Gasteiger partial charge in [0.15, 0.2) is 13.2 Å². The number of aromatic nitrogens is 2. The van der Waals surface area contributed by atoms with Gasteiger partial charge in [0, 0.05) is 6.07 Å². The molecule has 2 nitrogen and oxygen atoms in total. The van der Waals surface area contributed by atoms with Gasteiger partial charge in [-0.2, -0.15) is 4.68 Å². The molecule has 0 aliphatic heterocycles. The average molecular weight is 226 g/mol. The quantitative estimate of drug-likeness (QED) is 0.414. The first-order chi connectivity index (χ1) is 6.75. The molecule has 0 unspecified atom stereocenters. The highest BCUT2D eigenvalue weighted by molar-refractivity contribution is 6.50. The SMILES string of the molecule is CCCc1cc[n+](C)n1C.F[B-](F)(F)F. The normalized spacial score (nSPS) is 10.9. The Bertz CT molecular complexity index is 289. The molecule has 1 rings (SSSR count). The summed E-state index contributed by atoms with van der Waals surface area (Å²) in [6.07, 6.45) is 4.49. The van der Waals surface area contributed by atoms with Gasteiger partial charge in [0.2, 0.25) is 0 Å². The molecule has 7 heteroatoms. The molecule has 0 N–H and O–H groups in total. The second kappa shape index (κ2) is 5.77. The Hall–Kier alpha value is -1.01. The molecular formula is C8H15BF4N2. The first-order valence-corrected chi connectivity index (χ1v) is 4.63. The lowest BCUT2D eigenvalue weighted by molar-refractivity contribution is -0.751. The van der Waals surface area contributed by atoms with Crippen LogP contribution in [-0.2, 0) is 20.5 Å². The van der Waals surface area contributed by atoms with E-state index in [1.165, 1.54) is 18.5 Å². The van der Waals surface area contributed by atoms with Crippen molar-refractivity contribution in [1.29, 1.82) is 0 Å². The molecule has 0 aliphatic rings. The summed E-state index contributed by atoms with van der Waals surface area (Å²) in [5.74, 6) is 0. The zero-order valence-electron chi connectivity index (χ0n) is 9.05. The highest BCUT2D eigenvalue weighted by Gasteiger charge is 2.20. The molecule has 1 aromatic heterocycles. The lowest BCUT2D eigenvalue weighted by Gasteiger charge is -1.95. The molecule has 15 heavy (non-hydrogen) atoms. The second-order valence-corrected chi connectivity index (χ2v) is 3.15. The fraction of sp³-hybridized carbons (Fsp3) is 0.625. The predicted octanol–water partition coefficient (Wildman–Crippen LogP) is 2.10. The highest BCUT2D eigenvalue weighted by atomic mass is 19.5. The zero-order chi connectivity index (χ0) is 12.1. The fourth-order valence-electron chi connectivity index (χ4n) is 1.11. The molecule has 88 valence electrons. The van der Waals surface area contributed by atoms with E-state index in [4.69, 9.17) is 0 Å². The Morgan fingerprint density at radius 2 is 1.80 bits per heavy atom. The van der Waals surface area contributed by atoms with E-state index in [1.807, 2.05) is 0 Å². The molecule has 0 fully saturated rings. The summed E-state index contributed by atoms with van der Waals surface area (Å²) in [7, 11) is -1.86. The highest BCUT2D eigenvalue weighted by Crippen LogP contribution is 2.06. The number of rotatable bonds is 2. The molecule has 0 saturated heterocycles. The van der Waals surface area contributed by atoms with Crippen LogP contribution in [0.3, 0.4) is 0 Å². The van der Waals surface area contributed by atoms with Gasteiger partial charge in [-0.3, -0.25) is 0 Å². The molecule has 0 radical (unpaired) electrons. The summed E-state index contributed by atoms with van der Waals surface area (Å²) in [6.45, 7) is 2.20. The number of hydrogen-bond acceptors (Lipinski definition) is 0. The molecule has 1 heterocycles. The van der Waals surface area contributed by atoms with Gasteiger partial charge in [-0.15, -0.1) is 4.68 Å². The third-order valence-corrected chi connectivity index (χ3v) is 1.88. The van der Waals surface area contributed by atoms with Crippen molar-refractivity contribution in [2.75, 3.05) is 0 Å². The Morgan fingerprint density at radius 3 is 2.07 bits per heavy atom. The first-order valence-electron chi connectivity index (χ1n) is 4.63. The molecule has 0 spiro atoms. The molecular weight excluding hydrogens is 211 g/mol. The van der Waals surface area contributed by atoms with Gasteiger partial charge in [-0.05, 0) is 6.42 Å². The van der Waals surface area contributed by atoms with Crippen molar-refractivity contribution in [2.24, 2.45) is 14.1 Å². The van der Waals surface area contributed by atoms with Gasteiger partial charge >= 0.3 is 7.25 Å². The van der Waals surface area contributed by atoms with E-state index in [2.05, 4.69) is 42.6 Å².